The van der Waals surface area contributed by atoms with Gasteiger partial charge in [0.05, 0.1) is 12.1 Å². The largest absolute Gasteiger partial charge is 0.481 e. The summed E-state index contributed by atoms with van der Waals surface area (Å²) in [5, 5.41) is 12.0. The molecule has 0 saturated carbocycles. The van der Waals surface area contributed by atoms with E-state index in [4.69, 9.17) is 5.11 Å². The zero-order chi connectivity index (χ0) is 15.1. The fraction of sp³-hybridized carbons (Fsp3) is 0.533. The number of benzene rings is 1. The first-order valence-electron chi connectivity index (χ1n) is 6.92. The lowest BCUT2D eigenvalue weighted by atomic mass is 10.1. The van der Waals surface area contributed by atoms with E-state index in [0.29, 0.717) is 31.4 Å². The first-order valence-corrected chi connectivity index (χ1v) is 6.92. The molecule has 0 heterocycles. The van der Waals surface area contributed by atoms with Gasteiger partial charge in [-0.3, -0.25) is 4.79 Å². The van der Waals surface area contributed by atoms with Crippen LogP contribution in [0.3, 0.4) is 0 Å². The summed E-state index contributed by atoms with van der Waals surface area (Å²) in [6.07, 6.45) is 0.00174. The molecule has 4 nitrogen and oxygen atoms in total. The van der Waals surface area contributed by atoms with Crippen LogP contribution in [0.1, 0.15) is 32.8 Å². The molecule has 0 aliphatic rings. The van der Waals surface area contributed by atoms with Crippen molar-refractivity contribution < 1.29 is 14.3 Å². The molecule has 1 aromatic carbocycles. The number of nitrogens with zero attached hydrogens (tertiary/aromatic N) is 1. The van der Waals surface area contributed by atoms with Crippen LogP contribution in [0, 0.1) is 5.82 Å². The lowest BCUT2D eigenvalue weighted by molar-refractivity contribution is -0.136. The van der Waals surface area contributed by atoms with Crippen molar-refractivity contribution in [2.24, 2.45) is 0 Å². The summed E-state index contributed by atoms with van der Waals surface area (Å²) in [4.78, 5) is 12.4. The van der Waals surface area contributed by atoms with Gasteiger partial charge in [0.2, 0.25) is 0 Å². The molecule has 0 unspecified atom stereocenters. The third kappa shape index (κ3) is 5.17. The Morgan fingerprint density at radius 2 is 2.15 bits per heavy atom. The van der Waals surface area contributed by atoms with Gasteiger partial charge < -0.3 is 15.3 Å². The standard InChI is InChI=1S/C15H23FN2O2/c1-4-18(8-7-15(19)20)14-9-12(5-6-13(14)16)10-17-11(2)3/h5-6,9,11,17H,4,7-8,10H2,1-3H3,(H,19,20). The first-order chi connectivity index (χ1) is 9.43. The van der Waals surface area contributed by atoms with Crippen LogP contribution >= 0.6 is 0 Å². The van der Waals surface area contributed by atoms with Gasteiger partial charge in [-0.05, 0) is 24.6 Å². The molecule has 2 N–H and O–H groups in total. The highest BCUT2D eigenvalue weighted by Crippen LogP contribution is 2.21. The second-order valence-corrected chi connectivity index (χ2v) is 5.04. The smallest absolute Gasteiger partial charge is 0.305 e. The minimum atomic E-state index is -0.874. The van der Waals surface area contributed by atoms with Crippen LogP contribution in [-0.4, -0.2) is 30.2 Å². The normalized spacial score (nSPS) is 10.8. The Morgan fingerprint density at radius 3 is 2.70 bits per heavy atom. The molecule has 0 fully saturated rings. The summed E-state index contributed by atoms with van der Waals surface area (Å²) in [6, 6.07) is 5.34. The van der Waals surface area contributed by atoms with Crippen LogP contribution in [0.4, 0.5) is 10.1 Å². The summed E-state index contributed by atoms with van der Waals surface area (Å²) in [5.41, 5.74) is 1.46. The van der Waals surface area contributed by atoms with Crippen LogP contribution < -0.4 is 10.2 Å². The van der Waals surface area contributed by atoms with E-state index >= 15 is 0 Å². The van der Waals surface area contributed by atoms with Crippen LogP contribution in [0.15, 0.2) is 18.2 Å². The molecule has 0 aliphatic carbocycles. The van der Waals surface area contributed by atoms with Gasteiger partial charge in [0, 0.05) is 25.7 Å². The average Bonchev–Trinajstić information content (AvgIpc) is 2.39. The van der Waals surface area contributed by atoms with Gasteiger partial charge >= 0.3 is 5.97 Å². The van der Waals surface area contributed by atoms with Gasteiger partial charge in [0.25, 0.3) is 0 Å². The Hall–Kier alpha value is -1.62. The molecule has 0 bridgehead atoms. The third-order valence-electron chi connectivity index (χ3n) is 3.04. The van der Waals surface area contributed by atoms with E-state index in [1.54, 1.807) is 17.0 Å². The maximum atomic E-state index is 13.9. The highest BCUT2D eigenvalue weighted by Gasteiger charge is 2.12. The molecule has 112 valence electrons. The predicted octanol–water partition coefficient (Wildman–Crippen LogP) is 2.62. The highest BCUT2D eigenvalue weighted by molar-refractivity contribution is 5.67. The zero-order valence-electron chi connectivity index (χ0n) is 12.3. The fourth-order valence-electron chi connectivity index (χ4n) is 1.91. The number of anilines is 1. The molecule has 0 saturated heterocycles. The number of carbonyl (C=O) groups is 1. The van der Waals surface area contributed by atoms with Gasteiger partial charge in [-0.15, -0.1) is 0 Å². The fourth-order valence-corrected chi connectivity index (χ4v) is 1.91. The summed E-state index contributed by atoms with van der Waals surface area (Å²) in [6.45, 7) is 7.54. The molecule has 5 heteroatoms. The molecule has 1 rings (SSSR count). The maximum Gasteiger partial charge on any atom is 0.305 e. The van der Waals surface area contributed by atoms with E-state index in [2.05, 4.69) is 19.2 Å². The second-order valence-electron chi connectivity index (χ2n) is 5.04. The number of aliphatic carboxylic acids is 1. The molecule has 20 heavy (non-hydrogen) atoms. The van der Waals surface area contributed by atoms with Crippen LogP contribution in [0.25, 0.3) is 0 Å². The molecule has 1 aromatic rings. The summed E-state index contributed by atoms with van der Waals surface area (Å²) >= 11 is 0. The quantitative estimate of drug-likeness (QED) is 0.769. The van der Waals surface area contributed by atoms with E-state index in [-0.39, 0.29) is 12.2 Å². The summed E-state index contributed by atoms with van der Waals surface area (Å²) < 4.78 is 13.9. The minimum Gasteiger partial charge on any atom is -0.481 e. The van der Waals surface area contributed by atoms with Crippen molar-refractivity contribution >= 4 is 11.7 Å². The molecule has 0 spiro atoms. The van der Waals surface area contributed by atoms with Gasteiger partial charge in [-0.25, -0.2) is 4.39 Å². The van der Waals surface area contributed by atoms with Crippen molar-refractivity contribution in [2.75, 3.05) is 18.0 Å². The van der Waals surface area contributed by atoms with Crippen molar-refractivity contribution in [3.05, 3.63) is 29.6 Å². The lowest BCUT2D eigenvalue weighted by Gasteiger charge is -2.23. The number of hydrogen-bond acceptors (Lipinski definition) is 3. The molecule has 0 radical (unpaired) electrons. The molecule has 0 amide bonds. The Labute approximate surface area is 119 Å². The second kappa shape index (κ2) is 7.85. The molecular formula is C15H23FN2O2. The third-order valence-corrected chi connectivity index (χ3v) is 3.04. The highest BCUT2D eigenvalue weighted by atomic mass is 19.1. The number of nitrogens with one attached hydrogen (secondary N) is 1. The number of carboxylic acid groups (broad SMARTS) is 1. The molecular weight excluding hydrogens is 259 g/mol. The Bertz CT molecular complexity index is 449. The maximum absolute atomic E-state index is 13.9. The topological polar surface area (TPSA) is 52.6 Å². The summed E-state index contributed by atoms with van der Waals surface area (Å²) in [5.74, 6) is -1.19. The van der Waals surface area contributed by atoms with E-state index < -0.39 is 5.97 Å². The van der Waals surface area contributed by atoms with Crippen molar-refractivity contribution in [3.8, 4) is 0 Å². The summed E-state index contributed by atoms with van der Waals surface area (Å²) in [7, 11) is 0. The number of rotatable bonds is 8. The SMILES string of the molecule is CCN(CCC(=O)O)c1cc(CNC(C)C)ccc1F. The van der Waals surface area contributed by atoms with Crippen LogP contribution in [0.5, 0.6) is 0 Å². The molecule has 0 aliphatic heterocycles. The number of hydrogen-bond donors (Lipinski definition) is 2. The molecule has 0 atom stereocenters. The Kier molecular flexibility index (Phi) is 6.45. The lowest BCUT2D eigenvalue weighted by Crippen LogP contribution is -2.27. The van der Waals surface area contributed by atoms with E-state index in [1.807, 2.05) is 6.92 Å². The minimum absolute atomic E-state index is 0.00174. The monoisotopic (exact) mass is 282 g/mol. The average molecular weight is 282 g/mol. The van der Waals surface area contributed by atoms with Gasteiger partial charge in [0.15, 0.2) is 0 Å². The number of carboxylic acids is 1. The van der Waals surface area contributed by atoms with Gasteiger partial charge in [0.1, 0.15) is 5.82 Å². The van der Waals surface area contributed by atoms with Crippen LogP contribution in [-0.2, 0) is 11.3 Å². The Balaban J connectivity index is 2.84. The zero-order valence-corrected chi connectivity index (χ0v) is 12.3. The predicted molar refractivity (Wildman–Crippen MR) is 78.5 cm³/mol. The first kappa shape index (κ1) is 16.4. The van der Waals surface area contributed by atoms with Crippen LogP contribution in [0.2, 0.25) is 0 Å². The Morgan fingerprint density at radius 1 is 1.45 bits per heavy atom. The van der Waals surface area contributed by atoms with E-state index in [1.165, 1.54) is 6.07 Å². The van der Waals surface area contributed by atoms with Crippen molar-refractivity contribution in [1.29, 1.82) is 0 Å². The van der Waals surface area contributed by atoms with E-state index in [9.17, 15) is 9.18 Å². The van der Waals surface area contributed by atoms with Crippen molar-refractivity contribution in [2.45, 2.75) is 39.8 Å². The molecule has 0 aromatic heterocycles. The number of halogens is 1. The van der Waals surface area contributed by atoms with Gasteiger partial charge in [-0.2, -0.15) is 0 Å². The van der Waals surface area contributed by atoms with Gasteiger partial charge in [-0.1, -0.05) is 19.9 Å². The van der Waals surface area contributed by atoms with Crippen molar-refractivity contribution in [1.82, 2.24) is 5.32 Å². The van der Waals surface area contributed by atoms with E-state index in [0.717, 1.165) is 5.56 Å². The van der Waals surface area contributed by atoms with Crippen molar-refractivity contribution in [3.63, 3.8) is 0 Å².